The molecule has 1 aromatic rings. The zero-order chi connectivity index (χ0) is 13.6. The summed E-state index contributed by atoms with van der Waals surface area (Å²) in [7, 11) is 0. The summed E-state index contributed by atoms with van der Waals surface area (Å²) in [5.74, 6) is -0.519. The van der Waals surface area contributed by atoms with Crippen LogP contribution in [0.25, 0.3) is 0 Å². The molecule has 4 unspecified atom stereocenters. The number of fused-ring (bicyclic) bond motifs is 2. The topological polar surface area (TPSA) is 55.5 Å². The van der Waals surface area contributed by atoms with Gasteiger partial charge in [0.2, 0.25) is 0 Å². The third-order valence-corrected chi connectivity index (χ3v) is 4.85. The highest BCUT2D eigenvalue weighted by Gasteiger charge is 2.55. The van der Waals surface area contributed by atoms with Crippen LogP contribution in [0.1, 0.15) is 30.9 Å². The van der Waals surface area contributed by atoms with Crippen molar-refractivity contribution in [3.63, 3.8) is 0 Å². The lowest BCUT2D eigenvalue weighted by atomic mass is 9.68. The van der Waals surface area contributed by atoms with Gasteiger partial charge in [-0.25, -0.2) is 4.39 Å². The molecule has 0 aliphatic carbocycles. The molecule has 3 nitrogen and oxygen atoms in total. The van der Waals surface area contributed by atoms with Crippen LogP contribution in [0, 0.1) is 11.2 Å². The van der Waals surface area contributed by atoms with E-state index in [-0.39, 0.29) is 17.2 Å². The minimum absolute atomic E-state index is 0.0313. The molecule has 2 bridgehead atoms. The predicted octanol–water partition coefficient (Wildman–Crippen LogP) is 2.41. The Labute approximate surface area is 116 Å². The SMILES string of the molecule is NCC1(C(O)c2ccc(Cl)c(F)c2)CC2CCC1O2. The largest absolute Gasteiger partial charge is 0.388 e. The van der Waals surface area contributed by atoms with Crippen molar-refractivity contribution < 1.29 is 14.2 Å². The quantitative estimate of drug-likeness (QED) is 0.897. The molecule has 2 heterocycles. The van der Waals surface area contributed by atoms with Crippen molar-refractivity contribution in [1.82, 2.24) is 0 Å². The van der Waals surface area contributed by atoms with Gasteiger partial charge >= 0.3 is 0 Å². The fourth-order valence-electron chi connectivity index (χ4n) is 3.46. The van der Waals surface area contributed by atoms with Gasteiger partial charge in [0, 0.05) is 12.0 Å². The Kier molecular flexibility index (Phi) is 3.29. The van der Waals surface area contributed by atoms with Gasteiger partial charge in [0.05, 0.1) is 23.3 Å². The van der Waals surface area contributed by atoms with E-state index in [4.69, 9.17) is 22.1 Å². The van der Waals surface area contributed by atoms with Crippen LogP contribution < -0.4 is 5.73 Å². The first-order valence-corrected chi connectivity index (χ1v) is 6.93. The number of nitrogens with two attached hydrogens (primary N) is 1. The van der Waals surface area contributed by atoms with Crippen molar-refractivity contribution in [1.29, 1.82) is 0 Å². The highest BCUT2D eigenvalue weighted by atomic mass is 35.5. The molecule has 0 saturated carbocycles. The first-order chi connectivity index (χ1) is 9.06. The molecule has 1 aromatic carbocycles. The Morgan fingerprint density at radius 1 is 1.53 bits per heavy atom. The van der Waals surface area contributed by atoms with Crippen LogP contribution in [0.4, 0.5) is 4.39 Å². The second kappa shape index (κ2) is 4.70. The van der Waals surface area contributed by atoms with E-state index in [1.54, 1.807) is 6.07 Å². The average Bonchev–Trinajstić information content (AvgIpc) is 3.02. The van der Waals surface area contributed by atoms with Crippen LogP contribution in [0.3, 0.4) is 0 Å². The molecule has 2 aliphatic rings. The van der Waals surface area contributed by atoms with Gasteiger partial charge in [-0.3, -0.25) is 0 Å². The van der Waals surface area contributed by atoms with Gasteiger partial charge in [0.1, 0.15) is 5.82 Å². The van der Waals surface area contributed by atoms with E-state index in [1.807, 2.05) is 0 Å². The molecule has 0 spiro atoms. The molecule has 4 atom stereocenters. The fraction of sp³-hybridized carbons (Fsp3) is 0.571. The lowest BCUT2D eigenvalue weighted by molar-refractivity contribution is -0.0265. The smallest absolute Gasteiger partial charge is 0.142 e. The Morgan fingerprint density at radius 2 is 2.32 bits per heavy atom. The Bertz CT molecular complexity index is 498. The van der Waals surface area contributed by atoms with E-state index in [0.29, 0.717) is 12.1 Å². The van der Waals surface area contributed by atoms with E-state index in [9.17, 15) is 9.50 Å². The summed E-state index contributed by atoms with van der Waals surface area (Å²) in [5.41, 5.74) is 5.92. The summed E-state index contributed by atoms with van der Waals surface area (Å²) in [4.78, 5) is 0. The maximum absolute atomic E-state index is 13.5. The summed E-state index contributed by atoms with van der Waals surface area (Å²) < 4.78 is 19.4. The third-order valence-electron chi connectivity index (χ3n) is 4.54. The molecular formula is C14H17ClFNO2. The van der Waals surface area contributed by atoms with Crippen molar-refractivity contribution in [3.8, 4) is 0 Å². The van der Waals surface area contributed by atoms with Gasteiger partial charge in [-0.15, -0.1) is 0 Å². The number of hydrogen-bond acceptors (Lipinski definition) is 3. The minimum atomic E-state index is -0.820. The molecule has 0 aromatic heterocycles. The number of ether oxygens (including phenoxy) is 1. The molecule has 5 heteroatoms. The van der Waals surface area contributed by atoms with Gasteiger partial charge in [0.25, 0.3) is 0 Å². The molecule has 104 valence electrons. The van der Waals surface area contributed by atoms with Crippen molar-refractivity contribution in [2.24, 2.45) is 11.1 Å². The van der Waals surface area contributed by atoms with E-state index in [0.717, 1.165) is 19.3 Å². The van der Waals surface area contributed by atoms with E-state index in [1.165, 1.54) is 12.1 Å². The molecule has 3 N–H and O–H groups in total. The Morgan fingerprint density at radius 3 is 2.84 bits per heavy atom. The normalized spacial score (nSPS) is 34.7. The van der Waals surface area contributed by atoms with Crippen molar-refractivity contribution in [3.05, 3.63) is 34.6 Å². The van der Waals surface area contributed by atoms with Gasteiger partial charge < -0.3 is 15.6 Å². The lowest BCUT2D eigenvalue weighted by Crippen LogP contribution is -2.44. The predicted molar refractivity (Wildman–Crippen MR) is 70.4 cm³/mol. The van der Waals surface area contributed by atoms with Crippen LogP contribution >= 0.6 is 11.6 Å². The highest BCUT2D eigenvalue weighted by molar-refractivity contribution is 6.30. The molecule has 3 rings (SSSR count). The van der Waals surface area contributed by atoms with Crippen molar-refractivity contribution >= 4 is 11.6 Å². The zero-order valence-corrected chi connectivity index (χ0v) is 11.2. The van der Waals surface area contributed by atoms with Crippen LogP contribution in [0.2, 0.25) is 5.02 Å². The van der Waals surface area contributed by atoms with Crippen LogP contribution in [-0.2, 0) is 4.74 Å². The number of rotatable bonds is 3. The minimum Gasteiger partial charge on any atom is -0.388 e. The summed E-state index contributed by atoms with van der Waals surface area (Å²) in [6, 6.07) is 4.41. The number of aliphatic hydroxyl groups is 1. The third kappa shape index (κ3) is 1.98. The van der Waals surface area contributed by atoms with E-state index >= 15 is 0 Å². The van der Waals surface area contributed by atoms with Gasteiger partial charge in [-0.1, -0.05) is 17.7 Å². The van der Waals surface area contributed by atoms with E-state index in [2.05, 4.69) is 0 Å². The Balaban J connectivity index is 1.93. The average molecular weight is 286 g/mol. The zero-order valence-electron chi connectivity index (χ0n) is 10.5. The standard InChI is InChI=1S/C14H17ClFNO2/c15-10-3-1-8(5-11(10)16)13(18)14(7-17)6-9-2-4-12(14)19-9/h1,3,5,9,12-13,18H,2,4,6-7,17H2. The van der Waals surface area contributed by atoms with Gasteiger partial charge in [0.15, 0.2) is 0 Å². The fourth-order valence-corrected chi connectivity index (χ4v) is 3.58. The van der Waals surface area contributed by atoms with E-state index < -0.39 is 17.3 Å². The monoisotopic (exact) mass is 285 g/mol. The maximum Gasteiger partial charge on any atom is 0.142 e. The second-order valence-electron chi connectivity index (χ2n) is 5.54. The lowest BCUT2D eigenvalue weighted by Gasteiger charge is -2.38. The molecule has 2 fully saturated rings. The van der Waals surface area contributed by atoms with Crippen molar-refractivity contribution in [2.45, 2.75) is 37.6 Å². The number of halogens is 2. The summed E-state index contributed by atoms with van der Waals surface area (Å²) in [5, 5.41) is 10.7. The Hall–Kier alpha value is -0.680. The molecule has 2 saturated heterocycles. The molecular weight excluding hydrogens is 269 g/mol. The number of aliphatic hydroxyl groups excluding tert-OH is 1. The summed E-state index contributed by atoms with van der Waals surface area (Å²) in [6.45, 7) is 0.333. The number of hydrogen-bond donors (Lipinski definition) is 2. The van der Waals surface area contributed by atoms with Gasteiger partial charge in [-0.2, -0.15) is 0 Å². The first-order valence-electron chi connectivity index (χ1n) is 6.55. The first kappa shape index (κ1) is 13.3. The highest BCUT2D eigenvalue weighted by Crippen LogP contribution is 2.53. The van der Waals surface area contributed by atoms with Gasteiger partial charge in [-0.05, 0) is 37.0 Å². The van der Waals surface area contributed by atoms with Crippen LogP contribution in [0.5, 0.6) is 0 Å². The maximum atomic E-state index is 13.5. The molecule has 19 heavy (non-hydrogen) atoms. The van der Waals surface area contributed by atoms with Crippen molar-refractivity contribution in [2.75, 3.05) is 6.54 Å². The number of benzene rings is 1. The van der Waals surface area contributed by atoms with Crippen LogP contribution in [0.15, 0.2) is 18.2 Å². The second-order valence-corrected chi connectivity index (χ2v) is 5.95. The molecule has 2 aliphatic heterocycles. The molecule has 0 amide bonds. The van der Waals surface area contributed by atoms with Crippen LogP contribution in [-0.4, -0.2) is 23.9 Å². The summed E-state index contributed by atoms with van der Waals surface area (Å²) >= 11 is 5.67. The molecule has 0 radical (unpaired) electrons. The summed E-state index contributed by atoms with van der Waals surface area (Å²) in [6.07, 6.45) is 2.00.